The lowest BCUT2D eigenvalue weighted by Gasteiger charge is -2.34. The molecule has 0 atom stereocenters. The maximum atomic E-state index is 11.7. The van der Waals surface area contributed by atoms with Crippen LogP contribution in [-0.4, -0.2) is 53.8 Å². The number of carbonyl (C=O) groups excluding carboxylic acids is 1. The van der Waals surface area contributed by atoms with E-state index in [2.05, 4.69) is 19.9 Å². The Labute approximate surface area is 141 Å². The lowest BCUT2D eigenvalue weighted by atomic mass is 10.2. The molecular formula is C17H22N4O3. The molecule has 1 saturated heterocycles. The van der Waals surface area contributed by atoms with Gasteiger partial charge in [0.05, 0.1) is 24.4 Å². The molecule has 2 aromatic rings. The van der Waals surface area contributed by atoms with Crippen molar-refractivity contribution in [2.45, 2.75) is 20.4 Å². The van der Waals surface area contributed by atoms with Crippen LogP contribution in [0, 0.1) is 6.92 Å². The zero-order valence-electron chi connectivity index (χ0n) is 14.1. The molecule has 0 bridgehead atoms. The van der Waals surface area contributed by atoms with Crippen molar-refractivity contribution >= 4 is 11.8 Å². The second kappa shape index (κ2) is 7.44. The topological polar surface area (TPSA) is 71.7 Å². The minimum atomic E-state index is -0.330. The van der Waals surface area contributed by atoms with Crippen molar-refractivity contribution in [1.82, 2.24) is 15.0 Å². The summed E-state index contributed by atoms with van der Waals surface area (Å²) >= 11 is 0. The second-order valence-electron chi connectivity index (χ2n) is 5.82. The number of rotatable bonds is 5. The van der Waals surface area contributed by atoms with Crippen LogP contribution in [-0.2, 0) is 11.3 Å². The van der Waals surface area contributed by atoms with Gasteiger partial charge in [-0.05, 0) is 26.0 Å². The van der Waals surface area contributed by atoms with Gasteiger partial charge in [-0.1, -0.05) is 5.16 Å². The number of aromatic nitrogens is 2. The van der Waals surface area contributed by atoms with Crippen molar-refractivity contribution in [2.24, 2.45) is 0 Å². The molecule has 24 heavy (non-hydrogen) atoms. The van der Waals surface area contributed by atoms with Crippen LogP contribution in [0.15, 0.2) is 28.9 Å². The molecule has 0 amide bonds. The summed E-state index contributed by atoms with van der Waals surface area (Å²) in [7, 11) is 0. The highest BCUT2D eigenvalue weighted by molar-refractivity contribution is 5.89. The van der Waals surface area contributed by atoms with E-state index in [-0.39, 0.29) is 5.97 Å². The van der Waals surface area contributed by atoms with E-state index in [9.17, 15) is 4.79 Å². The molecule has 0 saturated carbocycles. The van der Waals surface area contributed by atoms with Gasteiger partial charge in [-0.25, -0.2) is 9.78 Å². The highest BCUT2D eigenvalue weighted by Crippen LogP contribution is 2.16. The summed E-state index contributed by atoms with van der Waals surface area (Å²) in [6.45, 7) is 8.51. The Morgan fingerprint density at radius 3 is 2.67 bits per heavy atom. The number of esters is 1. The van der Waals surface area contributed by atoms with Gasteiger partial charge >= 0.3 is 5.97 Å². The number of anilines is 1. The standard InChI is InChI=1S/C17H22N4O3/c1-3-23-17(22)14-4-5-16(18-11-14)21-8-6-20(7-9-21)12-15-10-13(2)19-24-15/h4-5,10-11H,3,6-9,12H2,1-2H3. The SMILES string of the molecule is CCOC(=O)c1ccc(N2CCN(Cc3cc(C)no3)CC2)nc1. The van der Waals surface area contributed by atoms with Crippen LogP contribution in [0.25, 0.3) is 0 Å². The lowest BCUT2D eigenvalue weighted by Crippen LogP contribution is -2.46. The van der Waals surface area contributed by atoms with Gasteiger partial charge in [0.2, 0.25) is 0 Å². The van der Waals surface area contributed by atoms with Crippen LogP contribution in [0.5, 0.6) is 0 Å². The Bertz CT molecular complexity index is 675. The third-order valence-electron chi connectivity index (χ3n) is 4.01. The number of piperazine rings is 1. The van der Waals surface area contributed by atoms with Gasteiger partial charge in [-0.15, -0.1) is 0 Å². The molecule has 0 spiro atoms. The number of ether oxygens (including phenoxy) is 1. The first kappa shape index (κ1) is 16.4. The molecule has 2 aromatic heterocycles. The normalized spacial score (nSPS) is 15.5. The highest BCUT2D eigenvalue weighted by Gasteiger charge is 2.19. The molecule has 0 aliphatic carbocycles. The van der Waals surface area contributed by atoms with E-state index in [1.54, 1.807) is 19.2 Å². The van der Waals surface area contributed by atoms with Gasteiger partial charge in [-0.2, -0.15) is 0 Å². The first-order valence-corrected chi connectivity index (χ1v) is 8.18. The van der Waals surface area contributed by atoms with Gasteiger partial charge in [-0.3, -0.25) is 4.90 Å². The average molecular weight is 330 g/mol. The molecule has 3 rings (SSSR count). The smallest absolute Gasteiger partial charge is 0.339 e. The molecule has 0 aromatic carbocycles. The maximum absolute atomic E-state index is 11.7. The van der Waals surface area contributed by atoms with Gasteiger partial charge in [0.15, 0.2) is 5.76 Å². The zero-order chi connectivity index (χ0) is 16.9. The molecule has 7 nitrogen and oxygen atoms in total. The van der Waals surface area contributed by atoms with Crippen molar-refractivity contribution in [3.05, 3.63) is 41.4 Å². The van der Waals surface area contributed by atoms with Gasteiger partial charge in [0.1, 0.15) is 5.82 Å². The summed E-state index contributed by atoms with van der Waals surface area (Å²) in [6.07, 6.45) is 1.58. The van der Waals surface area contributed by atoms with E-state index >= 15 is 0 Å². The van der Waals surface area contributed by atoms with Crippen molar-refractivity contribution in [2.75, 3.05) is 37.7 Å². The van der Waals surface area contributed by atoms with E-state index in [1.165, 1.54) is 0 Å². The maximum Gasteiger partial charge on any atom is 0.339 e. The van der Waals surface area contributed by atoms with Crippen molar-refractivity contribution in [1.29, 1.82) is 0 Å². The Morgan fingerprint density at radius 2 is 2.08 bits per heavy atom. The Hall–Kier alpha value is -2.41. The molecule has 1 aliphatic rings. The van der Waals surface area contributed by atoms with E-state index in [4.69, 9.17) is 9.26 Å². The van der Waals surface area contributed by atoms with Crippen LogP contribution in [0.3, 0.4) is 0 Å². The third kappa shape index (κ3) is 3.91. The van der Waals surface area contributed by atoms with Gasteiger partial charge in [0.25, 0.3) is 0 Å². The summed E-state index contributed by atoms with van der Waals surface area (Å²) in [6, 6.07) is 5.62. The molecule has 0 N–H and O–H groups in total. The monoisotopic (exact) mass is 330 g/mol. The quantitative estimate of drug-likeness (QED) is 0.775. The van der Waals surface area contributed by atoms with Gasteiger partial charge in [0, 0.05) is 38.4 Å². The average Bonchev–Trinajstić information content (AvgIpc) is 3.01. The van der Waals surface area contributed by atoms with E-state index in [0.717, 1.165) is 50.0 Å². The fourth-order valence-electron chi connectivity index (χ4n) is 2.75. The van der Waals surface area contributed by atoms with Crippen LogP contribution in [0.2, 0.25) is 0 Å². The summed E-state index contributed by atoms with van der Waals surface area (Å²) < 4.78 is 10.2. The number of nitrogens with zero attached hydrogens (tertiary/aromatic N) is 4. The Kier molecular flexibility index (Phi) is 5.10. The summed E-state index contributed by atoms with van der Waals surface area (Å²) in [5.41, 5.74) is 1.40. The number of hydrogen-bond donors (Lipinski definition) is 0. The van der Waals surface area contributed by atoms with Crippen molar-refractivity contribution < 1.29 is 14.1 Å². The molecule has 3 heterocycles. The van der Waals surface area contributed by atoms with E-state index in [0.29, 0.717) is 12.2 Å². The molecular weight excluding hydrogens is 308 g/mol. The number of carbonyl (C=O) groups is 1. The fourth-order valence-corrected chi connectivity index (χ4v) is 2.75. The molecule has 128 valence electrons. The highest BCUT2D eigenvalue weighted by atomic mass is 16.5. The van der Waals surface area contributed by atoms with Crippen LogP contribution in [0.4, 0.5) is 5.82 Å². The predicted molar refractivity (Wildman–Crippen MR) is 88.9 cm³/mol. The van der Waals surface area contributed by atoms with Crippen LogP contribution >= 0.6 is 0 Å². The van der Waals surface area contributed by atoms with E-state index < -0.39 is 0 Å². The molecule has 1 aliphatic heterocycles. The van der Waals surface area contributed by atoms with E-state index in [1.807, 2.05) is 19.1 Å². The molecule has 7 heteroatoms. The second-order valence-corrected chi connectivity index (χ2v) is 5.82. The molecule has 0 unspecified atom stereocenters. The summed E-state index contributed by atoms with van der Waals surface area (Å²) in [5, 5.41) is 3.92. The largest absolute Gasteiger partial charge is 0.462 e. The number of aryl methyl sites for hydroxylation is 1. The lowest BCUT2D eigenvalue weighted by molar-refractivity contribution is 0.0526. The van der Waals surface area contributed by atoms with Crippen LogP contribution < -0.4 is 4.90 Å². The fraction of sp³-hybridized carbons (Fsp3) is 0.471. The number of pyridine rings is 1. The molecule has 0 radical (unpaired) electrons. The Morgan fingerprint density at radius 1 is 1.29 bits per heavy atom. The summed E-state index contributed by atoms with van der Waals surface area (Å²) in [4.78, 5) is 20.6. The number of hydrogen-bond acceptors (Lipinski definition) is 7. The van der Waals surface area contributed by atoms with Gasteiger partial charge < -0.3 is 14.2 Å². The third-order valence-corrected chi connectivity index (χ3v) is 4.01. The zero-order valence-corrected chi connectivity index (χ0v) is 14.1. The minimum absolute atomic E-state index is 0.330. The van der Waals surface area contributed by atoms with Crippen LogP contribution in [0.1, 0.15) is 28.7 Å². The first-order chi connectivity index (χ1) is 11.7. The van der Waals surface area contributed by atoms with Crippen molar-refractivity contribution in [3.8, 4) is 0 Å². The Balaban J connectivity index is 1.53. The summed E-state index contributed by atoms with van der Waals surface area (Å²) in [5.74, 6) is 1.46. The predicted octanol–water partition coefficient (Wildman–Crippen LogP) is 1.88. The van der Waals surface area contributed by atoms with Crippen molar-refractivity contribution in [3.63, 3.8) is 0 Å². The molecule has 1 fully saturated rings. The first-order valence-electron chi connectivity index (χ1n) is 8.18. The minimum Gasteiger partial charge on any atom is -0.462 e.